The minimum atomic E-state index is -0.828. The lowest BCUT2D eigenvalue weighted by molar-refractivity contribution is -0.134. The number of carboxylic acid groups (broad SMARTS) is 1. The Hall–Kier alpha value is -1.01. The van der Waals surface area contributed by atoms with E-state index >= 15 is 0 Å². The van der Waals surface area contributed by atoms with E-state index in [1.807, 2.05) is 17.5 Å². The largest absolute Gasteiger partial charge is 0.481 e. The molecular formula is C11H13NO3S2. The van der Waals surface area contributed by atoms with Crippen molar-refractivity contribution >= 4 is 35.0 Å². The topological polar surface area (TPSA) is 57.6 Å². The number of amides is 1. The van der Waals surface area contributed by atoms with E-state index in [0.717, 1.165) is 11.3 Å². The van der Waals surface area contributed by atoms with E-state index in [9.17, 15) is 9.59 Å². The third-order valence-corrected chi connectivity index (χ3v) is 4.73. The Labute approximate surface area is 108 Å². The fourth-order valence-electron chi connectivity index (χ4n) is 1.81. The van der Waals surface area contributed by atoms with Crippen molar-refractivity contribution in [2.75, 3.05) is 5.75 Å². The maximum absolute atomic E-state index is 11.7. The number of carbonyl (C=O) groups is 2. The molecule has 17 heavy (non-hydrogen) atoms. The second kappa shape index (κ2) is 5.55. The van der Waals surface area contributed by atoms with Crippen molar-refractivity contribution in [3.8, 4) is 0 Å². The van der Waals surface area contributed by atoms with E-state index < -0.39 is 5.97 Å². The molecule has 1 aromatic rings. The van der Waals surface area contributed by atoms with Gasteiger partial charge in [0.2, 0.25) is 5.91 Å². The third kappa shape index (κ3) is 3.23. The number of hydrogen-bond donors (Lipinski definition) is 1. The van der Waals surface area contributed by atoms with Gasteiger partial charge in [-0.3, -0.25) is 9.59 Å². The van der Waals surface area contributed by atoms with Crippen LogP contribution in [0.2, 0.25) is 0 Å². The highest BCUT2D eigenvalue weighted by Gasteiger charge is 2.31. The summed E-state index contributed by atoms with van der Waals surface area (Å²) >= 11 is 2.95. The number of hydrogen-bond acceptors (Lipinski definition) is 4. The minimum absolute atomic E-state index is 0.0145. The molecule has 0 bridgehead atoms. The second-order valence-corrected chi connectivity index (χ2v) is 6.00. The molecule has 1 aliphatic heterocycles. The summed E-state index contributed by atoms with van der Waals surface area (Å²) in [6.07, 6.45) is 1.28. The first kappa shape index (κ1) is 12.4. The van der Waals surface area contributed by atoms with Gasteiger partial charge < -0.3 is 10.0 Å². The first-order valence-electron chi connectivity index (χ1n) is 5.32. The van der Waals surface area contributed by atoms with Crippen molar-refractivity contribution in [3.05, 3.63) is 22.4 Å². The standard InChI is InChI=1S/C11H13NO3S2/c13-9-3-4-10(17-7-11(14)15)12(9)6-8-2-1-5-16-8/h1-2,5,10H,3-4,6-7H2,(H,14,15)/t10-/m0/s1. The van der Waals surface area contributed by atoms with Gasteiger partial charge in [0.1, 0.15) is 0 Å². The van der Waals surface area contributed by atoms with Gasteiger partial charge in [0.15, 0.2) is 0 Å². The maximum Gasteiger partial charge on any atom is 0.313 e. The fraction of sp³-hybridized carbons (Fsp3) is 0.455. The molecule has 1 N–H and O–H groups in total. The summed E-state index contributed by atoms with van der Waals surface area (Å²) in [5.74, 6) is -0.648. The van der Waals surface area contributed by atoms with Gasteiger partial charge in [0.25, 0.3) is 0 Å². The molecule has 1 aliphatic rings. The summed E-state index contributed by atoms with van der Waals surface area (Å²) in [7, 11) is 0. The zero-order valence-electron chi connectivity index (χ0n) is 9.17. The summed E-state index contributed by atoms with van der Waals surface area (Å²) < 4.78 is 0. The Morgan fingerprint density at radius 2 is 2.47 bits per heavy atom. The van der Waals surface area contributed by atoms with E-state index in [1.165, 1.54) is 11.8 Å². The second-order valence-electron chi connectivity index (χ2n) is 3.80. The van der Waals surface area contributed by atoms with Gasteiger partial charge in [-0.1, -0.05) is 6.07 Å². The highest BCUT2D eigenvalue weighted by Crippen LogP contribution is 2.30. The Morgan fingerprint density at radius 3 is 3.12 bits per heavy atom. The van der Waals surface area contributed by atoms with Gasteiger partial charge in [-0.15, -0.1) is 23.1 Å². The summed E-state index contributed by atoms with van der Waals surface area (Å²) in [6.45, 7) is 0.605. The predicted octanol–water partition coefficient (Wildman–Crippen LogP) is 2.01. The zero-order chi connectivity index (χ0) is 12.3. The molecule has 1 fully saturated rings. The lowest BCUT2D eigenvalue weighted by Gasteiger charge is -2.23. The first-order valence-corrected chi connectivity index (χ1v) is 7.25. The normalized spacial score (nSPS) is 19.9. The molecule has 2 rings (SSSR count). The van der Waals surface area contributed by atoms with E-state index in [2.05, 4.69) is 0 Å². The molecule has 0 spiro atoms. The number of thiophene rings is 1. The molecule has 0 unspecified atom stereocenters. The lowest BCUT2D eigenvalue weighted by Crippen LogP contribution is -2.30. The Bertz CT molecular complexity index is 405. The quantitative estimate of drug-likeness (QED) is 0.890. The van der Waals surface area contributed by atoms with E-state index in [-0.39, 0.29) is 17.0 Å². The van der Waals surface area contributed by atoms with Crippen molar-refractivity contribution in [3.63, 3.8) is 0 Å². The van der Waals surface area contributed by atoms with Crippen molar-refractivity contribution in [1.29, 1.82) is 0 Å². The van der Waals surface area contributed by atoms with Gasteiger partial charge >= 0.3 is 5.97 Å². The number of carbonyl (C=O) groups excluding carboxylic acids is 1. The molecule has 1 amide bonds. The molecule has 0 aromatic carbocycles. The number of aliphatic carboxylic acids is 1. The van der Waals surface area contributed by atoms with Crippen LogP contribution in [-0.4, -0.2) is 33.0 Å². The molecule has 0 radical (unpaired) electrons. The van der Waals surface area contributed by atoms with Crippen LogP contribution < -0.4 is 0 Å². The summed E-state index contributed by atoms with van der Waals surface area (Å²) in [5.41, 5.74) is 0. The van der Waals surface area contributed by atoms with Crippen molar-refractivity contribution < 1.29 is 14.7 Å². The highest BCUT2D eigenvalue weighted by molar-refractivity contribution is 8.00. The molecule has 4 nitrogen and oxygen atoms in total. The molecule has 1 saturated heterocycles. The van der Waals surface area contributed by atoms with Crippen LogP contribution in [0.4, 0.5) is 0 Å². The number of thioether (sulfide) groups is 1. The molecule has 1 atom stereocenters. The average molecular weight is 271 g/mol. The van der Waals surface area contributed by atoms with Gasteiger partial charge in [-0.05, 0) is 17.9 Å². The van der Waals surface area contributed by atoms with Crippen LogP contribution in [0.25, 0.3) is 0 Å². The molecule has 0 saturated carbocycles. The molecule has 6 heteroatoms. The SMILES string of the molecule is O=C(O)CS[C@H]1CCC(=O)N1Cc1cccs1. The van der Waals surface area contributed by atoms with Crippen LogP contribution >= 0.6 is 23.1 Å². The molecule has 92 valence electrons. The van der Waals surface area contributed by atoms with Crippen LogP contribution in [0.15, 0.2) is 17.5 Å². The van der Waals surface area contributed by atoms with Crippen LogP contribution in [-0.2, 0) is 16.1 Å². The highest BCUT2D eigenvalue weighted by atomic mass is 32.2. The molecular weight excluding hydrogens is 258 g/mol. The zero-order valence-corrected chi connectivity index (χ0v) is 10.8. The van der Waals surface area contributed by atoms with Crippen LogP contribution in [0, 0.1) is 0 Å². The van der Waals surface area contributed by atoms with E-state index in [4.69, 9.17) is 5.11 Å². The van der Waals surface area contributed by atoms with Crippen molar-refractivity contribution in [2.24, 2.45) is 0 Å². The molecule has 1 aromatic heterocycles. The van der Waals surface area contributed by atoms with Gasteiger partial charge in [0, 0.05) is 11.3 Å². The monoisotopic (exact) mass is 271 g/mol. The summed E-state index contributed by atoms with van der Waals surface area (Å²) in [6, 6.07) is 3.95. The summed E-state index contributed by atoms with van der Waals surface area (Å²) in [4.78, 5) is 25.2. The summed E-state index contributed by atoms with van der Waals surface area (Å²) in [5, 5.41) is 10.7. The average Bonchev–Trinajstić information content (AvgIpc) is 2.89. The molecule has 2 heterocycles. The van der Waals surface area contributed by atoms with Crippen molar-refractivity contribution in [2.45, 2.75) is 24.8 Å². The third-order valence-electron chi connectivity index (χ3n) is 2.58. The number of nitrogens with zero attached hydrogens (tertiary/aromatic N) is 1. The minimum Gasteiger partial charge on any atom is -0.481 e. The fourth-order valence-corrected chi connectivity index (χ4v) is 3.50. The number of carboxylic acids is 1. The predicted molar refractivity (Wildman–Crippen MR) is 68.0 cm³/mol. The van der Waals surface area contributed by atoms with E-state index in [0.29, 0.717) is 13.0 Å². The number of likely N-dealkylation sites (tertiary alicyclic amines) is 1. The van der Waals surface area contributed by atoms with Crippen LogP contribution in [0.3, 0.4) is 0 Å². The maximum atomic E-state index is 11.7. The smallest absolute Gasteiger partial charge is 0.313 e. The van der Waals surface area contributed by atoms with Crippen molar-refractivity contribution in [1.82, 2.24) is 4.90 Å². The Morgan fingerprint density at radius 1 is 1.65 bits per heavy atom. The lowest BCUT2D eigenvalue weighted by atomic mass is 10.4. The van der Waals surface area contributed by atoms with Crippen LogP contribution in [0.5, 0.6) is 0 Å². The van der Waals surface area contributed by atoms with Gasteiger partial charge in [0.05, 0.1) is 17.7 Å². The van der Waals surface area contributed by atoms with E-state index in [1.54, 1.807) is 16.2 Å². The molecule has 0 aliphatic carbocycles. The first-order chi connectivity index (χ1) is 8.16. The van der Waals surface area contributed by atoms with Gasteiger partial charge in [-0.25, -0.2) is 0 Å². The van der Waals surface area contributed by atoms with Gasteiger partial charge in [-0.2, -0.15) is 0 Å². The Kier molecular flexibility index (Phi) is 4.06. The Balaban J connectivity index is 1.96. The number of rotatable bonds is 5. The van der Waals surface area contributed by atoms with Crippen LogP contribution in [0.1, 0.15) is 17.7 Å².